The summed E-state index contributed by atoms with van der Waals surface area (Å²) in [4.78, 5) is 0. The van der Waals surface area contributed by atoms with Gasteiger partial charge in [0.1, 0.15) is 0 Å². The zero-order valence-electron chi connectivity index (χ0n) is 7.11. The van der Waals surface area contributed by atoms with E-state index in [0.29, 0.717) is 5.56 Å². The number of rotatable bonds is 0. The van der Waals surface area contributed by atoms with Crippen molar-refractivity contribution in [2.45, 2.75) is 6.18 Å². The summed E-state index contributed by atoms with van der Waals surface area (Å²) in [7, 11) is 0. The third-order valence-electron chi connectivity index (χ3n) is 1.25. The average molecular weight is 384 g/mol. The number of benzene rings is 1. The number of hydrogen-bond donors (Lipinski definition) is 0. The first-order valence-corrected chi connectivity index (χ1v) is 17.4. The molecule has 6 heteroatoms. The van der Waals surface area contributed by atoms with Crippen molar-refractivity contribution in [2.24, 2.45) is 0 Å². The summed E-state index contributed by atoms with van der Waals surface area (Å²) >= 11 is 6.25. The summed E-state index contributed by atoms with van der Waals surface area (Å²) < 4.78 is 35.8. The van der Waals surface area contributed by atoms with Gasteiger partial charge in [0.2, 0.25) is 0 Å². The zero-order valence-corrected chi connectivity index (χ0v) is 13.3. The van der Waals surface area contributed by atoms with Gasteiger partial charge in [-0.25, -0.2) is 0 Å². The van der Waals surface area contributed by atoms with E-state index in [0.717, 1.165) is 12.1 Å². The Hall–Kier alpha value is 0.593. The van der Waals surface area contributed by atoms with E-state index in [4.69, 9.17) is 0 Å². The third kappa shape index (κ3) is 6.15. The quantitative estimate of drug-likeness (QED) is 0.575. The number of alkyl halides is 3. The van der Waals surface area contributed by atoms with Crippen LogP contribution in [-0.4, -0.2) is 0 Å². The Labute approximate surface area is 102 Å². The fourth-order valence-electron chi connectivity index (χ4n) is 0.748. The van der Waals surface area contributed by atoms with E-state index in [-0.39, 0.29) is 13.2 Å². The van der Waals surface area contributed by atoms with Gasteiger partial charge in [0, 0.05) is 0 Å². The molecule has 1 aromatic rings. The second-order valence-corrected chi connectivity index (χ2v) is 16.4. The predicted octanol–water partition coefficient (Wildman–Crippen LogP) is 4.58. The molecule has 0 aliphatic carbocycles. The van der Waals surface area contributed by atoms with Gasteiger partial charge >= 0.3 is 46.6 Å². The Kier molecular flexibility index (Phi) is 7.26. The Morgan fingerprint density at radius 2 is 1.71 bits per heavy atom. The molecule has 75 valence electrons. The summed E-state index contributed by atoms with van der Waals surface area (Å²) in [6.45, 7) is 3.39. The van der Waals surface area contributed by atoms with Gasteiger partial charge in [-0.1, -0.05) is 18.2 Å². The second kappa shape index (κ2) is 6.96. The van der Waals surface area contributed by atoms with Crippen LogP contribution in [0.2, 0.25) is 0 Å². The van der Waals surface area contributed by atoms with Crippen LogP contribution in [0.25, 0.3) is 0 Å². The fourth-order valence-corrected chi connectivity index (χ4v) is 0.748. The predicted molar refractivity (Wildman–Crippen MR) is 53.8 cm³/mol. The van der Waals surface area contributed by atoms with Crippen LogP contribution in [0, 0.1) is 6.92 Å². The molecule has 0 unspecified atom stereocenters. The minimum Gasteiger partial charge on any atom is -0.166 e. The molecule has 0 nitrogen and oxygen atoms in total. The molecule has 0 aliphatic rings. The summed E-state index contributed by atoms with van der Waals surface area (Å²) in [6, 6.07) is 4.90. The van der Waals surface area contributed by atoms with Crippen molar-refractivity contribution in [3.8, 4) is 0 Å². The molecule has 0 saturated heterocycles. The Morgan fingerprint density at radius 3 is 2.00 bits per heavy atom. The van der Waals surface area contributed by atoms with E-state index in [1.54, 1.807) is 0 Å². The van der Waals surface area contributed by atoms with Crippen molar-refractivity contribution in [1.29, 1.82) is 0 Å². The molecular formula is C8H6Br2F3Zn. The average Bonchev–Trinajstić information content (AvgIpc) is 2.04. The van der Waals surface area contributed by atoms with Crippen LogP contribution >= 0.6 is 27.2 Å². The normalized spacial score (nSPS) is 9.86. The first-order chi connectivity index (χ1) is 6.41. The molecule has 0 N–H and O–H groups in total. The van der Waals surface area contributed by atoms with Crippen molar-refractivity contribution < 1.29 is 26.4 Å². The van der Waals surface area contributed by atoms with Crippen molar-refractivity contribution in [2.75, 3.05) is 0 Å². The maximum atomic E-state index is 11.9. The molecule has 0 heterocycles. The molecule has 0 bridgehead atoms. The van der Waals surface area contributed by atoms with Crippen LogP contribution in [0.5, 0.6) is 0 Å². The topological polar surface area (TPSA) is 0 Å². The first-order valence-electron chi connectivity index (χ1n) is 3.53. The molecule has 0 fully saturated rings. The molecule has 14 heavy (non-hydrogen) atoms. The van der Waals surface area contributed by atoms with Crippen LogP contribution in [0.1, 0.15) is 11.1 Å². The fraction of sp³-hybridized carbons (Fsp3) is 0.125. The Bertz CT molecular complexity index is 276. The standard InChI is InChI=1S/C8H6F3.2BrH.Zn/c1-6-3-2-4-7(5-6)8(9,10)11;;;/h2-5H,1H2;2*1H;/q;;;+2/p-2. The summed E-state index contributed by atoms with van der Waals surface area (Å²) in [5, 5.41) is 0. The van der Waals surface area contributed by atoms with E-state index < -0.39 is 11.7 Å². The monoisotopic (exact) mass is 381 g/mol. The first kappa shape index (κ1) is 14.6. The van der Waals surface area contributed by atoms with Gasteiger partial charge in [-0.05, 0) is 18.6 Å². The molecule has 0 spiro atoms. The Balaban J connectivity index is 0.000000500. The smallest absolute Gasteiger partial charge is 0.166 e. The largest absolute Gasteiger partial charge is 0.416 e. The van der Waals surface area contributed by atoms with Crippen molar-refractivity contribution in [3.05, 3.63) is 42.3 Å². The molecule has 1 radical (unpaired) electrons. The van der Waals surface area contributed by atoms with E-state index in [2.05, 4.69) is 34.2 Å². The zero-order chi connectivity index (χ0) is 11.2. The number of halogens is 5. The Morgan fingerprint density at radius 1 is 1.21 bits per heavy atom. The molecule has 0 amide bonds. The van der Waals surface area contributed by atoms with Crippen LogP contribution in [0.4, 0.5) is 13.2 Å². The van der Waals surface area contributed by atoms with Gasteiger partial charge in [0.25, 0.3) is 0 Å². The van der Waals surface area contributed by atoms with Gasteiger partial charge in [-0.3, -0.25) is 0 Å². The molecule has 0 aliphatic heterocycles. The number of hydrogen-bond acceptors (Lipinski definition) is 0. The van der Waals surface area contributed by atoms with E-state index in [9.17, 15) is 13.2 Å². The van der Waals surface area contributed by atoms with E-state index >= 15 is 0 Å². The summed E-state index contributed by atoms with van der Waals surface area (Å²) in [5.41, 5.74) is -0.273. The van der Waals surface area contributed by atoms with Gasteiger partial charge in [0.05, 0.1) is 5.56 Å². The van der Waals surface area contributed by atoms with Crippen molar-refractivity contribution >= 4 is 27.2 Å². The molecule has 1 aromatic carbocycles. The van der Waals surface area contributed by atoms with Gasteiger partial charge < -0.3 is 0 Å². The summed E-state index contributed by atoms with van der Waals surface area (Å²) in [5.74, 6) is 0. The van der Waals surface area contributed by atoms with Crippen LogP contribution in [0.3, 0.4) is 0 Å². The van der Waals surface area contributed by atoms with Crippen LogP contribution in [0.15, 0.2) is 24.3 Å². The molecule has 0 aromatic heterocycles. The maximum Gasteiger partial charge on any atom is 0.416 e. The summed E-state index contributed by atoms with van der Waals surface area (Å²) in [6.07, 6.45) is -4.26. The van der Waals surface area contributed by atoms with E-state index in [1.807, 2.05) is 0 Å². The van der Waals surface area contributed by atoms with Crippen molar-refractivity contribution in [3.63, 3.8) is 0 Å². The minimum atomic E-state index is -4.26. The van der Waals surface area contributed by atoms with Crippen LogP contribution in [-0.2, 0) is 19.4 Å². The molecule has 1 rings (SSSR count). The van der Waals surface area contributed by atoms with Gasteiger partial charge in [-0.15, -0.1) is 0 Å². The SMILES string of the molecule is [Br][Zn][Br].[CH2]c1cccc(C(F)(F)F)c1. The van der Waals surface area contributed by atoms with Crippen molar-refractivity contribution in [1.82, 2.24) is 0 Å². The molecular weight excluding hydrogens is 378 g/mol. The molecule has 0 atom stereocenters. The molecule has 0 saturated carbocycles. The van der Waals surface area contributed by atoms with Gasteiger partial charge in [-0.2, -0.15) is 13.2 Å². The minimum absolute atomic E-state index is 0.250. The maximum absolute atomic E-state index is 11.9. The second-order valence-electron chi connectivity index (χ2n) is 2.30. The third-order valence-corrected chi connectivity index (χ3v) is 1.25. The van der Waals surface area contributed by atoms with E-state index in [1.165, 1.54) is 12.1 Å². The van der Waals surface area contributed by atoms with Crippen LogP contribution < -0.4 is 0 Å². The van der Waals surface area contributed by atoms with Gasteiger partial charge in [0.15, 0.2) is 0 Å².